The van der Waals surface area contributed by atoms with E-state index in [1.54, 1.807) is 0 Å². The molecule has 0 aliphatic carbocycles. The number of hydrogen-bond acceptors (Lipinski definition) is 1. The van der Waals surface area contributed by atoms with E-state index in [2.05, 4.69) is 154 Å². The van der Waals surface area contributed by atoms with Gasteiger partial charge in [-0.15, -0.1) is 0 Å². The molecule has 0 N–H and O–H groups in total. The molecule has 4 aromatic rings. The average Bonchev–Trinajstić information content (AvgIpc) is 3.29. The predicted octanol–water partition coefficient (Wildman–Crippen LogP) is 9.02. The van der Waals surface area contributed by atoms with Crippen LogP contribution in [0.1, 0.15) is 55.9 Å². The van der Waals surface area contributed by atoms with Crippen molar-refractivity contribution < 1.29 is 4.58 Å². The third-order valence-electron chi connectivity index (χ3n) is 9.45. The van der Waals surface area contributed by atoms with E-state index in [0.29, 0.717) is 0 Å². The molecule has 0 spiro atoms. The second-order valence-electron chi connectivity index (χ2n) is 12.2. The van der Waals surface area contributed by atoms with Crippen LogP contribution in [0.5, 0.6) is 0 Å². The van der Waals surface area contributed by atoms with Crippen molar-refractivity contribution in [3.8, 4) is 0 Å². The zero-order chi connectivity index (χ0) is 28.1. The van der Waals surface area contributed by atoms with Crippen molar-refractivity contribution >= 4 is 27.9 Å². The summed E-state index contributed by atoms with van der Waals surface area (Å²) in [5.41, 5.74) is 10.8. The third-order valence-corrected chi connectivity index (χ3v) is 9.45. The van der Waals surface area contributed by atoms with E-state index in [1.807, 2.05) is 0 Å². The monoisotopic (exact) mass is 525 g/mol. The summed E-state index contributed by atoms with van der Waals surface area (Å²) in [6, 6.07) is 31.3. The molecule has 0 amide bonds. The molecule has 0 saturated carbocycles. The molecule has 6 rings (SSSR count). The minimum absolute atomic E-state index is 0.00788. The standard InChI is InChI=1S/C38H41N2/c1-7-24-37(3)32-25-27(2)20-23-33(32)39(5)34(37)18-13-19-35-38(4,26-28-14-9-8-10-15-28)31-22-21-29-16-11-12-17-30(29)36(31)40(35)6/h8-23,25H,7,24,26H2,1-6H3/q+1. The fourth-order valence-electron chi connectivity index (χ4n) is 7.49. The van der Waals surface area contributed by atoms with Gasteiger partial charge < -0.3 is 4.90 Å². The zero-order valence-corrected chi connectivity index (χ0v) is 24.8. The van der Waals surface area contributed by atoms with E-state index in [0.717, 1.165) is 19.3 Å². The maximum atomic E-state index is 2.44. The molecule has 4 aromatic carbocycles. The normalized spacial score (nSPS) is 23.1. The molecule has 2 heteroatoms. The number of benzene rings is 4. The molecule has 0 fully saturated rings. The highest BCUT2D eigenvalue weighted by Gasteiger charge is 2.47. The van der Waals surface area contributed by atoms with Crippen molar-refractivity contribution in [2.24, 2.45) is 0 Å². The van der Waals surface area contributed by atoms with Crippen molar-refractivity contribution in [2.45, 2.75) is 57.8 Å². The van der Waals surface area contributed by atoms with Gasteiger partial charge in [0.25, 0.3) is 0 Å². The summed E-state index contributed by atoms with van der Waals surface area (Å²) in [7, 11) is 4.47. The minimum atomic E-state index is -0.140. The van der Waals surface area contributed by atoms with Gasteiger partial charge in [0.05, 0.1) is 10.8 Å². The van der Waals surface area contributed by atoms with Crippen molar-refractivity contribution in [3.63, 3.8) is 0 Å². The fourth-order valence-corrected chi connectivity index (χ4v) is 7.49. The van der Waals surface area contributed by atoms with Crippen LogP contribution in [0.25, 0.3) is 10.8 Å². The van der Waals surface area contributed by atoms with Gasteiger partial charge in [-0.05, 0) is 68.3 Å². The van der Waals surface area contributed by atoms with Gasteiger partial charge in [-0.25, -0.2) is 0 Å². The van der Waals surface area contributed by atoms with Gasteiger partial charge >= 0.3 is 0 Å². The smallest absolute Gasteiger partial charge is 0.217 e. The average molecular weight is 526 g/mol. The SMILES string of the molecule is CCCC1(C)C(=CC=CC2=[N+](C)c3c(ccc4ccccc34)C2(C)Cc2ccccc2)N(C)c2ccc(C)cc21. The first-order chi connectivity index (χ1) is 19.3. The lowest BCUT2D eigenvalue weighted by Crippen LogP contribution is -2.33. The molecular formula is C38H41N2+. The van der Waals surface area contributed by atoms with E-state index in [1.165, 1.54) is 55.8 Å². The van der Waals surface area contributed by atoms with Crippen LogP contribution in [0.15, 0.2) is 109 Å². The Morgan fingerprint density at radius 3 is 2.38 bits per heavy atom. The molecular weight excluding hydrogens is 484 g/mol. The Morgan fingerprint density at radius 2 is 1.60 bits per heavy atom. The van der Waals surface area contributed by atoms with Crippen molar-refractivity contribution in [2.75, 3.05) is 19.0 Å². The van der Waals surface area contributed by atoms with E-state index in [-0.39, 0.29) is 10.8 Å². The molecule has 2 atom stereocenters. The molecule has 2 aliphatic heterocycles. The van der Waals surface area contributed by atoms with Crippen molar-refractivity contribution in [1.29, 1.82) is 0 Å². The summed E-state index contributed by atoms with van der Waals surface area (Å²) < 4.78 is 2.44. The van der Waals surface area contributed by atoms with Crippen LogP contribution < -0.4 is 4.90 Å². The zero-order valence-electron chi connectivity index (χ0n) is 24.8. The molecule has 0 radical (unpaired) electrons. The summed E-state index contributed by atoms with van der Waals surface area (Å²) in [5, 5.41) is 2.61. The maximum absolute atomic E-state index is 2.44. The summed E-state index contributed by atoms with van der Waals surface area (Å²) in [6.07, 6.45) is 10.3. The van der Waals surface area contributed by atoms with Crippen LogP contribution >= 0.6 is 0 Å². The summed E-state index contributed by atoms with van der Waals surface area (Å²) in [5.74, 6) is 0. The van der Waals surface area contributed by atoms with E-state index >= 15 is 0 Å². The van der Waals surface area contributed by atoms with Gasteiger partial charge in [-0.3, -0.25) is 0 Å². The minimum Gasteiger partial charge on any atom is -0.347 e. The highest BCUT2D eigenvalue weighted by Crippen LogP contribution is 2.50. The number of fused-ring (bicyclic) bond motifs is 4. The highest BCUT2D eigenvalue weighted by atomic mass is 15.2. The molecule has 202 valence electrons. The van der Waals surface area contributed by atoms with Gasteiger partial charge in [0, 0.05) is 35.5 Å². The topological polar surface area (TPSA) is 6.25 Å². The van der Waals surface area contributed by atoms with Gasteiger partial charge in [0.15, 0.2) is 5.71 Å². The maximum Gasteiger partial charge on any atom is 0.217 e. The summed E-state index contributed by atoms with van der Waals surface area (Å²) >= 11 is 0. The quantitative estimate of drug-likeness (QED) is 0.228. The van der Waals surface area contributed by atoms with E-state index in [4.69, 9.17) is 0 Å². The largest absolute Gasteiger partial charge is 0.347 e. The first kappa shape index (κ1) is 26.3. The molecule has 2 aliphatic rings. The number of nitrogens with zero attached hydrogens (tertiary/aromatic N) is 2. The second-order valence-corrected chi connectivity index (χ2v) is 12.2. The Labute approximate surface area is 240 Å². The van der Waals surface area contributed by atoms with Gasteiger partial charge in [0.2, 0.25) is 5.69 Å². The van der Waals surface area contributed by atoms with Crippen LogP contribution in [0.4, 0.5) is 11.4 Å². The van der Waals surface area contributed by atoms with Gasteiger partial charge in [0.1, 0.15) is 7.05 Å². The predicted molar refractivity (Wildman–Crippen MR) is 171 cm³/mol. The third kappa shape index (κ3) is 4.04. The van der Waals surface area contributed by atoms with Crippen LogP contribution in [0.2, 0.25) is 0 Å². The van der Waals surface area contributed by atoms with Crippen LogP contribution in [0, 0.1) is 6.92 Å². The lowest BCUT2D eigenvalue weighted by atomic mass is 9.74. The lowest BCUT2D eigenvalue weighted by molar-refractivity contribution is -0.399. The first-order valence-electron chi connectivity index (χ1n) is 14.7. The summed E-state index contributed by atoms with van der Waals surface area (Å²) in [6.45, 7) is 9.35. The van der Waals surface area contributed by atoms with Crippen LogP contribution in [-0.4, -0.2) is 24.4 Å². The molecule has 0 bridgehead atoms. The number of allylic oxidation sites excluding steroid dienone is 4. The Hall–Kier alpha value is -3.91. The van der Waals surface area contributed by atoms with Gasteiger partial charge in [-0.1, -0.05) is 97.8 Å². The number of likely N-dealkylation sites (N-methyl/N-ethyl adjacent to an activating group) is 1. The van der Waals surface area contributed by atoms with Gasteiger partial charge in [-0.2, -0.15) is 4.58 Å². The Morgan fingerprint density at radius 1 is 0.850 bits per heavy atom. The lowest BCUT2D eigenvalue weighted by Gasteiger charge is -2.28. The van der Waals surface area contributed by atoms with Crippen LogP contribution in [0.3, 0.4) is 0 Å². The molecule has 2 heterocycles. The second kappa shape index (κ2) is 9.93. The number of rotatable bonds is 6. The van der Waals surface area contributed by atoms with Crippen molar-refractivity contribution in [3.05, 3.63) is 131 Å². The summed E-state index contributed by atoms with van der Waals surface area (Å²) in [4.78, 5) is 2.41. The number of anilines is 1. The Balaban J connectivity index is 1.47. The molecule has 2 unspecified atom stereocenters. The fraction of sp³-hybridized carbons (Fsp3) is 0.289. The Kier molecular flexibility index (Phi) is 6.53. The molecule has 0 aromatic heterocycles. The van der Waals surface area contributed by atoms with E-state index in [9.17, 15) is 0 Å². The number of hydrogen-bond donors (Lipinski definition) is 0. The first-order valence-corrected chi connectivity index (χ1v) is 14.7. The number of aryl methyl sites for hydroxylation is 1. The molecule has 0 saturated heterocycles. The molecule has 2 nitrogen and oxygen atoms in total. The Bertz CT molecular complexity index is 1690. The van der Waals surface area contributed by atoms with E-state index < -0.39 is 0 Å². The highest BCUT2D eigenvalue weighted by molar-refractivity contribution is 6.07. The van der Waals surface area contributed by atoms with Crippen LogP contribution in [-0.2, 0) is 17.3 Å². The molecule has 40 heavy (non-hydrogen) atoms. The van der Waals surface area contributed by atoms with Crippen molar-refractivity contribution in [1.82, 2.24) is 0 Å².